The summed E-state index contributed by atoms with van der Waals surface area (Å²) < 4.78 is 1.93. The zero-order valence-electron chi connectivity index (χ0n) is 15.3. The number of carbonyl (C=O) groups is 2. The first-order valence-corrected chi connectivity index (χ1v) is 8.67. The summed E-state index contributed by atoms with van der Waals surface area (Å²) in [6, 6.07) is 12.0. The molecule has 0 aliphatic carbocycles. The van der Waals surface area contributed by atoms with Crippen LogP contribution in [0, 0.1) is 13.8 Å². The molecule has 3 rings (SSSR count). The van der Waals surface area contributed by atoms with E-state index in [1.165, 1.54) is 6.08 Å². The SMILES string of the molecule is Cc1ccc(-c2nc3cc(C)ccn3c2/C=C/C(=O)NCCC(=O)O)cc1. The molecule has 6 heteroatoms. The van der Waals surface area contributed by atoms with Gasteiger partial charge in [-0.2, -0.15) is 0 Å². The molecule has 0 saturated carbocycles. The molecule has 0 radical (unpaired) electrons. The minimum Gasteiger partial charge on any atom is -0.481 e. The number of carboxylic acid groups (broad SMARTS) is 1. The predicted molar refractivity (Wildman–Crippen MR) is 104 cm³/mol. The fraction of sp³-hybridized carbons (Fsp3) is 0.190. The van der Waals surface area contributed by atoms with Gasteiger partial charge in [0.25, 0.3) is 0 Å². The van der Waals surface area contributed by atoms with E-state index in [0.717, 1.165) is 33.7 Å². The van der Waals surface area contributed by atoms with Crippen LogP contribution >= 0.6 is 0 Å². The average molecular weight is 363 g/mol. The molecule has 1 aromatic carbocycles. The van der Waals surface area contributed by atoms with Crippen LogP contribution < -0.4 is 5.32 Å². The Morgan fingerprint density at radius 3 is 2.59 bits per heavy atom. The Hall–Kier alpha value is -3.41. The van der Waals surface area contributed by atoms with Gasteiger partial charge < -0.3 is 10.4 Å². The first-order valence-electron chi connectivity index (χ1n) is 8.67. The minimum absolute atomic E-state index is 0.0929. The molecule has 0 spiro atoms. The number of aliphatic carboxylic acids is 1. The van der Waals surface area contributed by atoms with Gasteiger partial charge in [0.15, 0.2) is 0 Å². The number of nitrogens with zero attached hydrogens (tertiary/aromatic N) is 2. The van der Waals surface area contributed by atoms with Crippen LogP contribution in [0.25, 0.3) is 23.0 Å². The lowest BCUT2D eigenvalue weighted by atomic mass is 10.1. The maximum Gasteiger partial charge on any atom is 0.305 e. The predicted octanol–water partition coefficient (Wildman–Crippen LogP) is 3.22. The van der Waals surface area contributed by atoms with Gasteiger partial charge in [0, 0.05) is 24.4 Å². The molecule has 0 atom stereocenters. The van der Waals surface area contributed by atoms with E-state index in [1.54, 1.807) is 6.08 Å². The number of aryl methyl sites for hydroxylation is 2. The molecule has 138 valence electrons. The molecular weight excluding hydrogens is 342 g/mol. The van der Waals surface area contributed by atoms with Gasteiger partial charge in [-0.3, -0.25) is 14.0 Å². The maximum atomic E-state index is 12.0. The Labute approximate surface area is 157 Å². The lowest BCUT2D eigenvalue weighted by Crippen LogP contribution is -2.23. The standard InChI is InChI=1S/C21H21N3O3/c1-14-3-5-16(6-4-14)21-17(7-8-19(25)22-11-9-20(26)27)24-12-10-15(2)13-18(24)23-21/h3-8,10,12-13H,9,11H2,1-2H3,(H,22,25)(H,26,27)/b8-7+. The van der Waals surface area contributed by atoms with E-state index in [2.05, 4.69) is 5.32 Å². The summed E-state index contributed by atoms with van der Waals surface area (Å²) in [4.78, 5) is 27.3. The van der Waals surface area contributed by atoms with Crippen molar-refractivity contribution in [3.05, 3.63) is 65.5 Å². The summed E-state index contributed by atoms with van der Waals surface area (Å²) >= 11 is 0. The Balaban J connectivity index is 1.95. The van der Waals surface area contributed by atoms with E-state index in [-0.39, 0.29) is 18.9 Å². The summed E-state index contributed by atoms with van der Waals surface area (Å²) in [7, 11) is 0. The highest BCUT2D eigenvalue weighted by Crippen LogP contribution is 2.26. The van der Waals surface area contributed by atoms with Crippen molar-refractivity contribution in [2.75, 3.05) is 6.54 Å². The smallest absolute Gasteiger partial charge is 0.305 e. The molecule has 3 aromatic rings. The van der Waals surface area contributed by atoms with E-state index in [0.29, 0.717) is 0 Å². The Bertz CT molecular complexity index is 1020. The molecule has 0 saturated heterocycles. The second kappa shape index (κ2) is 7.86. The molecule has 0 aliphatic heterocycles. The van der Waals surface area contributed by atoms with Gasteiger partial charge in [-0.15, -0.1) is 0 Å². The number of fused-ring (bicyclic) bond motifs is 1. The summed E-state index contributed by atoms with van der Waals surface area (Å²) in [5.74, 6) is -1.29. The maximum absolute atomic E-state index is 12.0. The highest BCUT2D eigenvalue weighted by Gasteiger charge is 2.12. The van der Waals surface area contributed by atoms with Crippen molar-refractivity contribution in [2.45, 2.75) is 20.3 Å². The second-order valence-corrected chi connectivity index (χ2v) is 6.41. The number of rotatable bonds is 6. The molecule has 0 bridgehead atoms. The van der Waals surface area contributed by atoms with Crippen LogP contribution in [-0.4, -0.2) is 32.9 Å². The minimum atomic E-state index is -0.946. The van der Waals surface area contributed by atoms with Gasteiger partial charge in [-0.25, -0.2) is 4.98 Å². The van der Waals surface area contributed by atoms with Crippen molar-refractivity contribution in [1.82, 2.24) is 14.7 Å². The third-order valence-corrected chi connectivity index (χ3v) is 4.17. The van der Waals surface area contributed by atoms with Gasteiger partial charge in [-0.05, 0) is 37.6 Å². The summed E-state index contributed by atoms with van der Waals surface area (Å²) in [5.41, 5.74) is 5.61. The van der Waals surface area contributed by atoms with E-state index < -0.39 is 5.97 Å². The number of carboxylic acids is 1. The largest absolute Gasteiger partial charge is 0.481 e. The highest BCUT2D eigenvalue weighted by atomic mass is 16.4. The van der Waals surface area contributed by atoms with Crippen molar-refractivity contribution in [3.8, 4) is 11.3 Å². The van der Waals surface area contributed by atoms with E-state index in [9.17, 15) is 9.59 Å². The lowest BCUT2D eigenvalue weighted by molar-refractivity contribution is -0.136. The van der Waals surface area contributed by atoms with E-state index >= 15 is 0 Å². The van der Waals surface area contributed by atoms with Gasteiger partial charge >= 0.3 is 5.97 Å². The number of benzene rings is 1. The Kier molecular flexibility index (Phi) is 5.35. The molecule has 2 N–H and O–H groups in total. The van der Waals surface area contributed by atoms with Crippen LogP contribution in [0.1, 0.15) is 23.2 Å². The quantitative estimate of drug-likeness (QED) is 0.659. The molecule has 0 aliphatic rings. The van der Waals surface area contributed by atoms with Crippen LogP contribution in [0.4, 0.5) is 0 Å². The fourth-order valence-corrected chi connectivity index (χ4v) is 2.75. The molecular formula is C21H21N3O3. The molecule has 27 heavy (non-hydrogen) atoms. The average Bonchev–Trinajstić information content (AvgIpc) is 2.97. The van der Waals surface area contributed by atoms with Crippen molar-refractivity contribution in [2.24, 2.45) is 0 Å². The molecule has 2 heterocycles. The van der Waals surface area contributed by atoms with Crippen molar-refractivity contribution in [3.63, 3.8) is 0 Å². The Morgan fingerprint density at radius 2 is 1.89 bits per heavy atom. The molecule has 0 fully saturated rings. The second-order valence-electron chi connectivity index (χ2n) is 6.41. The number of aromatic nitrogens is 2. The topological polar surface area (TPSA) is 83.7 Å². The molecule has 1 amide bonds. The molecule has 2 aromatic heterocycles. The van der Waals surface area contributed by atoms with Gasteiger partial charge in [0.05, 0.1) is 17.8 Å². The van der Waals surface area contributed by atoms with Crippen molar-refractivity contribution >= 4 is 23.6 Å². The number of pyridine rings is 1. The lowest BCUT2D eigenvalue weighted by Gasteiger charge is -2.03. The molecule has 6 nitrogen and oxygen atoms in total. The number of hydrogen-bond donors (Lipinski definition) is 2. The number of imidazole rings is 1. The first kappa shape index (κ1) is 18.4. The van der Waals surface area contributed by atoms with Gasteiger partial charge in [-0.1, -0.05) is 29.8 Å². The summed E-state index contributed by atoms with van der Waals surface area (Å²) in [6.07, 6.45) is 4.93. The number of nitrogens with one attached hydrogen (secondary N) is 1. The van der Waals surface area contributed by atoms with Gasteiger partial charge in [0.2, 0.25) is 5.91 Å². The summed E-state index contributed by atoms with van der Waals surface area (Å²) in [5, 5.41) is 11.2. The normalized spacial score (nSPS) is 11.2. The van der Waals surface area contributed by atoms with Crippen LogP contribution in [0.3, 0.4) is 0 Å². The first-order chi connectivity index (χ1) is 12.9. The number of hydrogen-bond acceptors (Lipinski definition) is 3. The van der Waals surface area contributed by atoms with Crippen LogP contribution in [0.15, 0.2) is 48.7 Å². The zero-order valence-corrected chi connectivity index (χ0v) is 15.3. The van der Waals surface area contributed by atoms with Crippen molar-refractivity contribution < 1.29 is 14.7 Å². The molecule has 0 unspecified atom stereocenters. The summed E-state index contributed by atoms with van der Waals surface area (Å²) in [6.45, 7) is 4.13. The highest BCUT2D eigenvalue weighted by molar-refractivity contribution is 5.93. The number of amides is 1. The zero-order chi connectivity index (χ0) is 19.4. The van der Waals surface area contributed by atoms with Crippen molar-refractivity contribution in [1.29, 1.82) is 0 Å². The monoisotopic (exact) mass is 363 g/mol. The fourth-order valence-electron chi connectivity index (χ4n) is 2.75. The number of carbonyl (C=O) groups excluding carboxylic acids is 1. The van der Waals surface area contributed by atoms with Crippen LogP contribution in [0.2, 0.25) is 0 Å². The Morgan fingerprint density at radius 1 is 1.15 bits per heavy atom. The van der Waals surface area contributed by atoms with E-state index in [4.69, 9.17) is 10.1 Å². The van der Waals surface area contributed by atoms with E-state index in [1.807, 2.05) is 60.8 Å². The third-order valence-electron chi connectivity index (χ3n) is 4.17. The van der Waals surface area contributed by atoms with Crippen LogP contribution in [0.5, 0.6) is 0 Å². The van der Waals surface area contributed by atoms with Gasteiger partial charge in [0.1, 0.15) is 5.65 Å². The van der Waals surface area contributed by atoms with Crippen LogP contribution in [-0.2, 0) is 9.59 Å². The third kappa shape index (κ3) is 4.41.